The molecule has 1 aromatic rings. The fourth-order valence-electron chi connectivity index (χ4n) is 2.76. The van der Waals surface area contributed by atoms with E-state index < -0.39 is 0 Å². The standard InChI is InChI=1S/C11H14ClN3O2/c1-14-11(16)9(4-10(12)13-14)15-7-2-3-8(15)6-17-5-7/h4,7-8H,2-3,5-6H2,1H3. The van der Waals surface area contributed by atoms with E-state index in [1.807, 2.05) is 0 Å². The van der Waals surface area contributed by atoms with Crippen molar-refractivity contribution < 1.29 is 4.74 Å². The maximum Gasteiger partial charge on any atom is 0.290 e. The third-order valence-electron chi connectivity index (χ3n) is 3.53. The maximum atomic E-state index is 12.1. The lowest BCUT2D eigenvalue weighted by Crippen LogP contribution is -2.48. The summed E-state index contributed by atoms with van der Waals surface area (Å²) in [6.07, 6.45) is 2.15. The Morgan fingerprint density at radius 1 is 1.41 bits per heavy atom. The van der Waals surface area contributed by atoms with E-state index in [4.69, 9.17) is 16.3 Å². The van der Waals surface area contributed by atoms with Crippen LogP contribution in [-0.2, 0) is 11.8 Å². The van der Waals surface area contributed by atoms with Crippen LogP contribution in [0.2, 0.25) is 5.15 Å². The number of morpholine rings is 1. The van der Waals surface area contributed by atoms with Crippen molar-refractivity contribution in [3.8, 4) is 0 Å². The second kappa shape index (κ2) is 3.99. The molecule has 2 aliphatic heterocycles. The summed E-state index contributed by atoms with van der Waals surface area (Å²) in [7, 11) is 1.63. The van der Waals surface area contributed by atoms with Crippen molar-refractivity contribution in [2.24, 2.45) is 7.05 Å². The lowest BCUT2D eigenvalue weighted by molar-refractivity contribution is 0.0904. The first kappa shape index (κ1) is 11.0. The molecule has 0 aliphatic carbocycles. The van der Waals surface area contributed by atoms with Crippen molar-refractivity contribution in [1.82, 2.24) is 9.78 Å². The molecule has 2 saturated heterocycles. The zero-order valence-corrected chi connectivity index (χ0v) is 10.4. The molecule has 1 aromatic heterocycles. The number of nitrogens with zero attached hydrogens (tertiary/aromatic N) is 3. The van der Waals surface area contributed by atoms with Gasteiger partial charge in [0.15, 0.2) is 5.15 Å². The monoisotopic (exact) mass is 255 g/mol. The molecule has 2 atom stereocenters. The molecule has 0 N–H and O–H groups in total. The van der Waals surface area contributed by atoms with E-state index >= 15 is 0 Å². The number of ether oxygens (including phenoxy) is 1. The van der Waals surface area contributed by atoms with Crippen molar-refractivity contribution in [2.75, 3.05) is 18.1 Å². The Labute approximate surface area is 104 Å². The lowest BCUT2D eigenvalue weighted by atomic mass is 10.2. The first-order valence-electron chi connectivity index (χ1n) is 5.77. The Hall–Kier alpha value is -1.07. The van der Waals surface area contributed by atoms with Gasteiger partial charge in [0, 0.05) is 13.1 Å². The van der Waals surface area contributed by atoms with Crippen molar-refractivity contribution in [1.29, 1.82) is 0 Å². The quantitative estimate of drug-likeness (QED) is 0.745. The van der Waals surface area contributed by atoms with Gasteiger partial charge >= 0.3 is 0 Å². The van der Waals surface area contributed by atoms with Crippen LogP contribution in [0.1, 0.15) is 12.8 Å². The van der Waals surface area contributed by atoms with Gasteiger partial charge in [0.1, 0.15) is 5.69 Å². The Balaban J connectivity index is 2.07. The molecule has 2 aliphatic rings. The van der Waals surface area contributed by atoms with Crippen LogP contribution in [0.25, 0.3) is 0 Å². The smallest absolute Gasteiger partial charge is 0.290 e. The van der Waals surface area contributed by atoms with E-state index in [9.17, 15) is 4.79 Å². The second-order valence-corrected chi connectivity index (χ2v) is 5.00. The molecule has 3 heterocycles. The molecule has 2 bridgehead atoms. The van der Waals surface area contributed by atoms with Crippen LogP contribution in [0, 0.1) is 0 Å². The summed E-state index contributed by atoms with van der Waals surface area (Å²) >= 11 is 5.93. The summed E-state index contributed by atoms with van der Waals surface area (Å²) in [6, 6.07) is 2.28. The fourth-order valence-corrected chi connectivity index (χ4v) is 2.98. The van der Waals surface area contributed by atoms with Crippen LogP contribution in [0.3, 0.4) is 0 Å². The van der Waals surface area contributed by atoms with Gasteiger partial charge in [-0.15, -0.1) is 0 Å². The molecule has 17 heavy (non-hydrogen) atoms. The highest BCUT2D eigenvalue weighted by Gasteiger charge is 2.38. The topological polar surface area (TPSA) is 47.4 Å². The van der Waals surface area contributed by atoms with Gasteiger partial charge in [0.2, 0.25) is 0 Å². The first-order valence-corrected chi connectivity index (χ1v) is 6.14. The van der Waals surface area contributed by atoms with E-state index in [-0.39, 0.29) is 5.56 Å². The molecule has 2 unspecified atom stereocenters. The average molecular weight is 256 g/mol. The van der Waals surface area contributed by atoms with Crippen LogP contribution in [-0.4, -0.2) is 35.1 Å². The van der Waals surface area contributed by atoms with Crippen LogP contribution >= 0.6 is 11.6 Å². The Morgan fingerprint density at radius 2 is 2.06 bits per heavy atom. The normalized spacial score (nSPS) is 27.5. The third kappa shape index (κ3) is 1.73. The van der Waals surface area contributed by atoms with E-state index in [1.54, 1.807) is 13.1 Å². The van der Waals surface area contributed by atoms with E-state index in [0.717, 1.165) is 12.8 Å². The van der Waals surface area contributed by atoms with Crippen molar-refractivity contribution in [3.63, 3.8) is 0 Å². The van der Waals surface area contributed by atoms with Gasteiger partial charge < -0.3 is 9.64 Å². The number of hydrogen-bond acceptors (Lipinski definition) is 4. The lowest BCUT2D eigenvalue weighted by Gasteiger charge is -2.35. The minimum Gasteiger partial charge on any atom is -0.377 e. The van der Waals surface area contributed by atoms with Gasteiger partial charge in [-0.05, 0) is 12.8 Å². The van der Waals surface area contributed by atoms with Gasteiger partial charge in [-0.2, -0.15) is 5.10 Å². The number of anilines is 1. The summed E-state index contributed by atoms with van der Waals surface area (Å²) in [5, 5.41) is 4.27. The first-order chi connectivity index (χ1) is 8.16. The largest absolute Gasteiger partial charge is 0.377 e. The van der Waals surface area contributed by atoms with Crippen molar-refractivity contribution in [2.45, 2.75) is 24.9 Å². The molecule has 0 aromatic carbocycles. The number of aromatic nitrogens is 2. The summed E-state index contributed by atoms with van der Waals surface area (Å²) in [4.78, 5) is 14.3. The molecule has 0 spiro atoms. The summed E-state index contributed by atoms with van der Waals surface area (Å²) in [5.41, 5.74) is 0.566. The zero-order chi connectivity index (χ0) is 12.0. The molecule has 0 amide bonds. The highest BCUT2D eigenvalue weighted by atomic mass is 35.5. The molecule has 0 radical (unpaired) electrons. The minimum atomic E-state index is -0.0896. The molecule has 5 nitrogen and oxygen atoms in total. The molecular weight excluding hydrogens is 242 g/mol. The molecular formula is C11H14ClN3O2. The molecule has 3 rings (SSSR count). The van der Waals surface area contributed by atoms with Gasteiger partial charge in [-0.3, -0.25) is 4.79 Å². The predicted octanol–water partition coefficient (Wildman–Crippen LogP) is 0.801. The SMILES string of the molecule is Cn1nc(Cl)cc(N2C3CCC2COC3)c1=O. The van der Waals surface area contributed by atoms with Gasteiger partial charge in [0.05, 0.1) is 25.3 Å². The molecule has 92 valence electrons. The van der Waals surface area contributed by atoms with Crippen LogP contribution in [0.15, 0.2) is 10.9 Å². The number of halogens is 1. The minimum absolute atomic E-state index is 0.0896. The second-order valence-electron chi connectivity index (χ2n) is 4.61. The number of fused-ring (bicyclic) bond motifs is 2. The van der Waals surface area contributed by atoms with Crippen LogP contribution < -0.4 is 10.5 Å². The molecule has 0 saturated carbocycles. The van der Waals surface area contributed by atoms with Gasteiger partial charge in [0.25, 0.3) is 5.56 Å². The van der Waals surface area contributed by atoms with Crippen molar-refractivity contribution >= 4 is 17.3 Å². The van der Waals surface area contributed by atoms with Gasteiger partial charge in [-0.25, -0.2) is 4.68 Å². The summed E-state index contributed by atoms with van der Waals surface area (Å²) in [5.74, 6) is 0. The predicted molar refractivity (Wildman–Crippen MR) is 64.6 cm³/mol. The van der Waals surface area contributed by atoms with Crippen LogP contribution in [0.5, 0.6) is 0 Å². The Bertz CT molecular complexity index is 486. The highest BCUT2D eigenvalue weighted by Crippen LogP contribution is 2.32. The Morgan fingerprint density at radius 3 is 2.71 bits per heavy atom. The summed E-state index contributed by atoms with van der Waals surface area (Å²) < 4.78 is 6.81. The highest BCUT2D eigenvalue weighted by molar-refractivity contribution is 6.29. The van der Waals surface area contributed by atoms with Gasteiger partial charge in [-0.1, -0.05) is 11.6 Å². The molecule has 2 fully saturated rings. The number of aryl methyl sites for hydroxylation is 1. The van der Waals surface area contributed by atoms with Crippen molar-refractivity contribution in [3.05, 3.63) is 21.6 Å². The average Bonchev–Trinajstić information content (AvgIpc) is 2.54. The number of rotatable bonds is 1. The van der Waals surface area contributed by atoms with E-state index in [1.165, 1.54) is 4.68 Å². The third-order valence-corrected chi connectivity index (χ3v) is 3.72. The maximum absolute atomic E-state index is 12.1. The fraction of sp³-hybridized carbons (Fsp3) is 0.636. The van der Waals surface area contributed by atoms with E-state index in [0.29, 0.717) is 36.1 Å². The molecule has 6 heteroatoms. The van der Waals surface area contributed by atoms with E-state index in [2.05, 4.69) is 10.00 Å². The summed E-state index contributed by atoms with van der Waals surface area (Å²) in [6.45, 7) is 1.39. The number of hydrogen-bond donors (Lipinski definition) is 0. The zero-order valence-electron chi connectivity index (χ0n) is 9.60. The Kier molecular flexibility index (Phi) is 2.60. The van der Waals surface area contributed by atoms with Crippen LogP contribution in [0.4, 0.5) is 5.69 Å².